The summed E-state index contributed by atoms with van der Waals surface area (Å²) in [5, 5.41) is 20.0. The lowest BCUT2D eigenvalue weighted by Crippen LogP contribution is -2.57. The predicted molar refractivity (Wildman–Crippen MR) is 48.4 cm³/mol. The van der Waals surface area contributed by atoms with Crippen molar-refractivity contribution in [3.05, 3.63) is 39.4 Å². The average molecular weight is 195 g/mol. The highest BCUT2D eigenvalue weighted by Gasteiger charge is 2.32. The fraction of sp³-hybridized carbons (Fsp3) is 0.333. The summed E-state index contributed by atoms with van der Waals surface area (Å²) in [4.78, 5) is 10.1. The van der Waals surface area contributed by atoms with Gasteiger partial charge in [-0.1, -0.05) is 6.07 Å². The second-order valence-corrected chi connectivity index (χ2v) is 3.52. The molecule has 0 fully saturated rings. The molecule has 5 heteroatoms. The molecular formula is C9H11N2O3+. The minimum Gasteiger partial charge on any atom is -0.386 e. The Morgan fingerprint density at radius 3 is 2.93 bits per heavy atom. The zero-order valence-corrected chi connectivity index (χ0v) is 7.51. The molecule has 0 unspecified atom stereocenters. The lowest BCUT2D eigenvalue weighted by atomic mass is 10.1. The molecule has 0 spiro atoms. The lowest BCUT2D eigenvalue weighted by Gasteiger charge is -2.04. The first kappa shape index (κ1) is 9.11. The molecule has 14 heavy (non-hydrogen) atoms. The minimum absolute atomic E-state index is 0.0616. The summed E-state index contributed by atoms with van der Waals surface area (Å²) in [5.74, 6) is 0. The Hall–Kier alpha value is -1.46. The number of nitro groups is 1. The summed E-state index contributed by atoms with van der Waals surface area (Å²) < 4.78 is 0. The van der Waals surface area contributed by atoms with E-state index >= 15 is 0 Å². The third-order valence-corrected chi connectivity index (χ3v) is 2.63. The van der Waals surface area contributed by atoms with Crippen LogP contribution in [0.5, 0.6) is 0 Å². The summed E-state index contributed by atoms with van der Waals surface area (Å²) in [7, 11) is 0. The molecule has 1 aliphatic carbocycles. The molecule has 0 saturated heterocycles. The number of nitrogens with zero attached hydrogens (tertiary/aromatic N) is 1. The van der Waals surface area contributed by atoms with Crippen LogP contribution in [-0.2, 0) is 6.42 Å². The Morgan fingerprint density at radius 1 is 1.57 bits per heavy atom. The van der Waals surface area contributed by atoms with Crippen molar-refractivity contribution in [2.24, 2.45) is 0 Å². The van der Waals surface area contributed by atoms with E-state index in [0.29, 0.717) is 6.42 Å². The summed E-state index contributed by atoms with van der Waals surface area (Å²) in [6, 6.07) is 4.42. The second kappa shape index (κ2) is 3.04. The Balaban J connectivity index is 2.46. The van der Waals surface area contributed by atoms with Crippen molar-refractivity contribution in [3.63, 3.8) is 0 Å². The van der Waals surface area contributed by atoms with Gasteiger partial charge in [-0.3, -0.25) is 10.1 Å². The van der Waals surface area contributed by atoms with E-state index in [1.54, 1.807) is 6.07 Å². The normalized spacial score (nSPS) is 24.7. The summed E-state index contributed by atoms with van der Waals surface area (Å²) in [6.07, 6.45) is 0.0357. The topological polar surface area (TPSA) is 91.0 Å². The molecule has 0 bridgehead atoms. The van der Waals surface area contributed by atoms with Crippen molar-refractivity contribution in [3.8, 4) is 0 Å². The van der Waals surface area contributed by atoms with Crippen LogP contribution in [0.15, 0.2) is 18.2 Å². The highest BCUT2D eigenvalue weighted by atomic mass is 16.6. The van der Waals surface area contributed by atoms with Crippen LogP contribution in [-0.4, -0.2) is 16.1 Å². The first-order chi connectivity index (χ1) is 6.59. The molecular weight excluding hydrogens is 184 g/mol. The quantitative estimate of drug-likeness (QED) is 0.480. The molecule has 0 radical (unpaired) electrons. The van der Waals surface area contributed by atoms with Crippen molar-refractivity contribution in [2.45, 2.75) is 18.6 Å². The number of nitro benzene ring substituents is 1. The van der Waals surface area contributed by atoms with E-state index in [2.05, 4.69) is 5.73 Å². The van der Waals surface area contributed by atoms with Gasteiger partial charge >= 0.3 is 0 Å². The van der Waals surface area contributed by atoms with Crippen LogP contribution in [0, 0.1) is 10.1 Å². The van der Waals surface area contributed by atoms with Crippen molar-refractivity contribution in [2.75, 3.05) is 0 Å². The average Bonchev–Trinajstić information content (AvgIpc) is 2.43. The van der Waals surface area contributed by atoms with Crippen LogP contribution in [0.3, 0.4) is 0 Å². The predicted octanol–water partition coefficient (Wildman–Crippen LogP) is -0.205. The van der Waals surface area contributed by atoms with E-state index in [-0.39, 0.29) is 11.7 Å². The number of fused-ring (bicyclic) bond motifs is 1. The smallest absolute Gasteiger partial charge is 0.269 e. The lowest BCUT2D eigenvalue weighted by molar-refractivity contribution is -0.441. The number of aliphatic hydroxyl groups excluding tert-OH is 1. The van der Waals surface area contributed by atoms with Gasteiger partial charge in [-0.05, 0) is 5.56 Å². The van der Waals surface area contributed by atoms with Gasteiger partial charge < -0.3 is 10.8 Å². The summed E-state index contributed by atoms with van der Waals surface area (Å²) >= 11 is 0. The van der Waals surface area contributed by atoms with Gasteiger partial charge in [0.05, 0.1) is 4.92 Å². The largest absolute Gasteiger partial charge is 0.386 e. The minimum atomic E-state index is -0.507. The van der Waals surface area contributed by atoms with E-state index in [4.69, 9.17) is 0 Å². The maximum absolute atomic E-state index is 10.5. The van der Waals surface area contributed by atoms with Crippen LogP contribution in [0.1, 0.15) is 17.2 Å². The third kappa shape index (κ3) is 1.26. The highest BCUT2D eigenvalue weighted by molar-refractivity contribution is 5.44. The van der Waals surface area contributed by atoms with Gasteiger partial charge in [0.15, 0.2) is 0 Å². The van der Waals surface area contributed by atoms with E-state index in [9.17, 15) is 15.2 Å². The summed E-state index contributed by atoms with van der Waals surface area (Å²) in [6.45, 7) is 0. The molecule has 0 aliphatic heterocycles. The molecule has 2 atom stereocenters. The van der Waals surface area contributed by atoms with Crippen LogP contribution in [0.4, 0.5) is 5.69 Å². The first-order valence-electron chi connectivity index (χ1n) is 4.38. The number of quaternary nitrogens is 1. The fourth-order valence-electron chi connectivity index (χ4n) is 1.80. The second-order valence-electron chi connectivity index (χ2n) is 3.52. The van der Waals surface area contributed by atoms with Gasteiger partial charge in [0.25, 0.3) is 5.69 Å². The van der Waals surface area contributed by atoms with Crippen molar-refractivity contribution in [1.29, 1.82) is 0 Å². The monoisotopic (exact) mass is 195 g/mol. The number of benzene rings is 1. The SMILES string of the molecule is [NH3+][C@@H]1c2cc([N+](=O)[O-])ccc2C[C@@H]1O. The van der Waals surface area contributed by atoms with Gasteiger partial charge in [-0.25, -0.2) is 0 Å². The Bertz CT molecular complexity index is 392. The number of hydrogen-bond acceptors (Lipinski definition) is 3. The van der Waals surface area contributed by atoms with Gasteiger partial charge in [0, 0.05) is 24.1 Å². The van der Waals surface area contributed by atoms with Crippen molar-refractivity contribution in [1.82, 2.24) is 0 Å². The van der Waals surface area contributed by atoms with E-state index < -0.39 is 11.0 Å². The zero-order valence-electron chi connectivity index (χ0n) is 7.51. The molecule has 2 rings (SSSR count). The van der Waals surface area contributed by atoms with Crippen LogP contribution in [0.2, 0.25) is 0 Å². The van der Waals surface area contributed by atoms with Crippen molar-refractivity contribution >= 4 is 5.69 Å². The molecule has 0 saturated carbocycles. The number of aliphatic hydroxyl groups is 1. The van der Waals surface area contributed by atoms with E-state index in [1.165, 1.54) is 12.1 Å². The number of non-ortho nitro benzene ring substituents is 1. The third-order valence-electron chi connectivity index (χ3n) is 2.63. The van der Waals surface area contributed by atoms with Gasteiger partial charge in [0.1, 0.15) is 12.1 Å². The van der Waals surface area contributed by atoms with Crippen LogP contribution >= 0.6 is 0 Å². The molecule has 1 aromatic rings. The van der Waals surface area contributed by atoms with Crippen LogP contribution in [0.25, 0.3) is 0 Å². The van der Waals surface area contributed by atoms with Crippen molar-refractivity contribution < 1.29 is 15.8 Å². The number of hydrogen-bond donors (Lipinski definition) is 2. The molecule has 1 aliphatic rings. The maximum Gasteiger partial charge on any atom is 0.269 e. The Kier molecular flexibility index (Phi) is 1.98. The molecule has 1 aromatic carbocycles. The Morgan fingerprint density at radius 2 is 2.29 bits per heavy atom. The van der Waals surface area contributed by atoms with E-state index in [0.717, 1.165) is 11.1 Å². The molecule has 4 N–H and O–H groups in total. The molecule has 0 amide bonds. The van der Waals surface area contributed by atoms with Crippen LogP contribution < -0.4 is 5.73 Å². The fourth-order valence-corrected chi connectivity index (χ4v) is 1.80. The highest BCUT2D eigenvalue weighted by Crippen LogP contribution is 2.31. The van der Waals surface area contributed by atoms with E-state index in [1.807, 2.05) is 0 Å². The molecule has 0 aromatic heterocycles. The molecule has 74 valence electrons. The molecule has 5 nitrogen and oxygen atoms in total. The standard InChI is InChI=1S/C9H10N2O3/c10-9-7-4-6(11(13)14)2-1-5(7)3-8(9)12/h1-2,4,8-9,12H,3,10H2/p+1/t8-,9+/m0/s1. The van der Waals surface area contributed by atoms with Gasteiger partial charge in [0.2, 0.25) is 0 Å². The first-order valence-corrected chi connectivity index (χ1v) is 4.38. The zero-order chi connectivity index (χ0) is 10.3. The summed E-state index contributed by atoms with van der Waals surface area (Å²) in [5.41, 5.74) is 5.61. The number of rotatable bonds is 1. The molecule has 0 heterocycles. The Labute approximate surface area is 80.3 Å². The van der Waals surface area contributed by atoms with Gasteiger partial charge in [-0.2, -0.15) is 0 Å². The maximum atomic E-state index is 10.5. The van der Waals surface area contributed by atoms with Gasteiger partial charge in [-0.15, -0.1) is 0 Å².